The molecule has 0 saturated carbocycles. The van der Waals surface area contributed by atoms with Crippen LogP contribution in [0.2, 0.25) is 5.15 Å². The lowest BCUT2D eigenvalue weighted by atomic mass is 10.2. The van der Waals surface area contributed by atoms with Crippen LogP contribution in [-0.2, 0) is 6.54 Å². The minimum Gasteiger partial charge on any atom is -0.355 e. The van der Waals surface area contributed by atoms with E-state index in [1.807, 2.05) is 24.9 Å². The Hall–Kier alpha value is -2.21. The number of hydrogen-bond acceptors (Lipinski definition) is 4. The Kier molecular flexibility index (Phi) is 3.47. The van der Waals surface area contributed by atoms with E-state index < -0.39 is 0 Å². The van der Waals surface area contributed by atoms with Gasteiger partial charge in [-0.3, -0.25) is 0 Å². The van der Waals surface area contributed by atoms with E-state index in [9.17, 15) is 4.39 Å². The van der Waals surface area contributed by atoms with Crippen molar-refractivity contribution in [3.05, 3.63) is 52.7 Å². The minimum atomic E-state index is -0.239. The first-order chi connectivity index (χ1) is 10.1. The quantitative estimate of drug-likeness (QED) is 0.698. The van der Waals surface area contributed by atoms with Gasteiger partial charge in [0.15, 0.2) is 0 Å². The van der Waals surface area contributed by atoms with E-state index in [1.54, 1.807) is 16.6 Å². The Bertz CT molecular complexity index is 801. The third-order valence-corrected chi connectivity index (χ3v) is 3.67. The van der Waals surface area contributed by atoms with Gasteiger partial charge in [-0.25, -0.2) is 4.39 Å². The summed E-state index contributed by atoms with van der Waals surface area (Å²) < 4.78 is 15.4. The molecule has 0 unspecified atom stereocenters. The third kappa shape index (κ3) is 2.42. The summed E-state index contributed by atoms with van der Waals surface area (Å²) in [7, 11) is 1.85. The van der Waals surface area contributed by atoms with E-state index in [4.69, 9.17) is 11.6 Å². The van der Waals surface area contributed by atoms with Crippen LogP contribution in [0.5, 0.6) is 0 Å². The van der Waals surface area contributed by atoms with Gasteiger partial charge in [0, 0.05) is 24.7 Å². The molecule has 0 radical (unpaired) electrons. The summed E-state index contributed by atoms with van der Waals surface area (Å²) in [6, 6.07) is 6.68. The van der Waals surface area contributed by atoms with Crippen molar-refractivity contribution >= 4 is 23.2 Å². The molecule has 0 saturated heterocycles. The number of benzene rings is 1. The van der Waals surface area contributed by atoms with Gasteiger partial charge in [0.2, 0.25) is 0 Å². The SMILES string of the molecule is Cc1c(Cl)nc2ncnn2c1N(C)Cc1ccccc1F. The van der Waals surface area contributed by atoms with E-state index in [0.717, 1.165) is 11.4 Å². The number of anilines is 1. The van der Waals surface area contributed by atoms with Gasteiger partial charge in [-0.1, -0.05) is 29.8 Å². The average molecular weight is 306 g/mol. The monoisotopic (exact) mass is 305 g/mol. The highest BCUT2D eigenvalue weighted by Gasteiger charge is 2.16. The van der Waals surface area contributed by atoms with Crippen LogP contribution >= 0.6 is 11.6 Å². The maximum absolute atomic E-state index is 13.8. The lowest BCUT2D eigenvalue weighted by Crippen LogP contribution is -2.22. The van der Waals surface area contributed by atoms with Gasteiger partial charge in [-0.2, -0.15) is 19.6 Å². The summed E-state index contributed by atoms with van der Waals surface area (Å²) >= 11 is 6.14. The second-order valence-electron chi connectivity index (χ2n) is 4.77. The van der Waals surface area contributed by atoms with E-state index in [1.165, 1.54) is 12.4 Å². The first kappa shape index (κ1) is 13.8. The van der Waals surface area contributed by atoms with Crippen LogP contribution in [0.15, 0.2) is 30.6 Å². The van der Waals surface area contributed by atoms with Gasteiger partial charge < -0.3 is 4.90 Å². The fourth-order valence-electron chi connectivity index (χ4n) is 2.29. The van der Waals surface area contributed by atoms with Crippen LogP contribution < -0.4 is 4.90 Å². The fraction of sp³-hybridized carbons (Fsp3) is 0.214. The van der Waals surface area contributed by atoms with Gasteiger partial charge in [0.25, 0.3) is 5.78 Å². The molecule has 0 fully saturated rings. The number of nitrogens with zero attached hydrogens (tertiary/aromatic N) is 5. The van der Waals surface area contributed by atoms with Crippen molar-refractivity contribution in [1.82, 2.24) is 19.6 Å². The van der Waals surface area contributed by atoms with Crippen LogP contribution in [-0.4, -0.2) is 26.6 Å². The summed E-state index contributed by atoms with van der Waals surface area (Å²) in [6.07, 6.45) is 1.42. The lowest BCUT2D eigenvalue weighted by Gasteiger charge is -2.22. The van der Waals surface area contributed by atoms with Crippen LogP contribution in [0.4, 0.5) is 10.2 Å². The molecule has 0 aliphatic heterocycles. The summed E-state index contributed by atoms with van der Waals surface area (Å²) in [5, 5.41) is 4.52. The summed E-state index contributed by atoms with van der Waals surface area (Å²) in [6.45, 7) is 2.24. The van der Waals surface area contributed by atoms with E-state index >= 15 is 0 Å². The van der Waals surface area contributed by atoms with Crippen molar-refractivity contribution in [3.63, 3.8) is 0 Å². The maximum Gasteiger partial charge on any atom is 0.255 e. The van der Waals surface area contributed by atoms with Gasteiger partial charge in [0.05, 0.1) is 0 Å². The van der Waals surface area contributed by atoms with Gasteiger partial charge in [-0.05, 0) is 13.0 Å². The molecular formula is C14H13ClFN5. The second kappa shape index (κ2) is 5.29. The Morgan fingerprint density at radius 2 is 2.10 bits per heavy atom. The van der Waals surface area contributed by atoms with E-state index in [0.29, 0.717) is 23.0 Å². The van der Waals surface area contributed by atoms with Crippen molar-refractivity contribution in [1.29, 1.82) is 0 Å². The number of aromatic nitrogens is 4. The smallest absolute Gasteiger partial charge is 0.255 e. The molecule has 108 valence electrons. The Morgan fingerprint density at radius 3 is 2.86 bits per heavy atom. The highest BCUT2D eigenvalue weighted by atomic mass is 35.5. The Morgan fingerprint density at radius 1 is 1.33 bits per heavy atom. The fourth-order valence-corrected chi connectivity index (χ4v) is 2.45. The molecule has 21 heavy (non-hydrogen) atoms. The molecule has 0 atom stereocenters. The molecule has 3 aromatic rings. The van der Waals surface area contributed by atoms with Gasteiger partial charge in [-0.15, -0.1) is 0 Å². The predicted molar refractivity (Wildman–Crippen MR) is 79.0 cm³/mol. The second-order valence-corrected chi connectivity index (χ2v) is 5.13. The van der Waals surface area contributed by atoms with Crippen molar-refractivity contribution in [3.8, 4) is 0 Å². The average Bonchev–Trinajstić information content (AvgIpc) is 2.90. The molecule has 0 N–H and O–H groups in total. The lowest BCUT2D eigenvalue weighted by molar-refractivity contribution is 0.606. The van der Waals surface area contributed by atoms with Crippen LogP contribution in [0.1, 0.15) is 11.1 Å². The Balaban J connectivity index is 2.05. The molecule has 0 aliphatic carbocycles. The molecule has 0 aliphatic rings. The van der Waals surface area contributed by atoms with E-state index in [2.05, 4.69) is 15.1 Å². The minimum absolute atomic E-state index is 0.239. The molecule has 0 spiro atoms. The highest BCUT2D eigenvalue weighted by Crippen LogP contribution is 2.26. The number of hydrogen-bond donors (Lipinski definition) is 0. The molecule has 0 bridgehead atoms. The third-order valence-electron chi connectivity index (χ3n) is 3.30. The molecule has 2 heterocycles. The molecule has 1 aromatic carbocycles. The normalized spacial score (nSPS) is 11.0. The Labute approximate surface area is 126 Å². The summed E-state index contributed by atoms with van der Waals surface area (Å²) in [4.78, 5) is 10.1. The molecular weight excluding hydrogens is 293 g/mol. The molecule has 7 heteroatoms. The van der Waals surface area contributed by atoms with Crippen LogP contribution in [0.25, 0.3) is 5.78 Å². The largest absolute Gasteiger partial charge is 0.355 e. The molecule has 2 aromatic heterocycles. The van der Waals surface area contributed by atoms with Gasteiger partial charge >= 0.3 is 0 Å². The summed E-state index contributed by atoms with van der Waals surface area (Å²) in [5.74, 6) is 0.920. The topological polar surface area (TPSA) is 46.3 Å². The maximum atomic E-state index is 13.8. The standard InChI is InChI=1S/C14H13ClFN5/c1-9-12(15)19-14-17-8-18-21(14)13(9)20(2)7-10-5-3-4-6-11(10)16/h3-6,8H,7H2,1-2H3. The molecule has 3 rings (SSSR count). The van der Waals surface area contributed by atoms with Crippen LogP contribution in [0, 0.1) is 12.7 Å². The zero-order valence-corrected chi connectivity index (χ0v) is 12.3. The van der Waals surface area contributed by atoms with E-state index in [-0.39, 0.29) is 5.82 Å². The van der Waals surface area contributed by atoms with Crippen molar-refractivity contribution in [2.24, 2.45) is 0 Å². The van der Waals surface area contributed by atoms with Crippen molar-refractivity contribution in [2.45, 2.75) is 13.5 Å². The van der Waals surface area contributed by atoms with Crippen molar-refractivity contribution in [2.75, 3.05) is 11.9 Å². The first-order valence-corrected chi connectivity index (χ1v) is 6.76. The van der Waals surface area contributed by atoms with Crippen LogP contribution in [0.3, 0.4) is 0 Å². The number of halogens is 2. The van der Waals surface area contributed by atoms with Crippen molar-refractivity contribution < 1.29 is 4.39 Å². The molecule has 0 amide bonds. The molecule has 5 nitrogen and oxygen atoms in total. The van der Waals surface area contributed by atoms with Gasteiger partial charge in [0.1, 0.15) is 23.1 Å². The summed E-state index contributed by atoms with van der Waals surface area (Å²) in [5.41, 5.74) is 1.37. The number of fused-ring (bicyclic) bond motifs is 1. The highest BCUT2D eigenvalue weighted by molar-refractivity contribution is 6.30. The first-order valence-electron chi connectivity index (χ1n) is 6.38. The predicted octanol–water partition coefficient (Wildman–Crippen LogP) is 2.86. The number of rotatable bonds is 3. The zero-order valence-electron chi connectivity index (χ0n) is 11.6. The zero-order chi connectivity index (χ0) is 15.0.